The quantitative estimate of drug-likeness (QED) is 0.386. The Kier molecular flexibility index (Phi) is 11.3. The molecule has 36 heavy (non-hydrogen) atoms. The van der Waals surface area contributed by atoms with Crippen molar-refractivity contribution >= 4 is 29.2 Å². The Bertz CT molecular complexity index is 980. The molecule has 0 saturated heterocycles. The lowest BCUT2D eigenvalue weighted by molar-refractivity contribution is -0.154. The van der Waals surface area contributed by atoms with Crippen LogP contribution in [0.3, 0.4) is 0 Å². The largest absolute Gasteiger partial charge is 0.457 e. The number of ether oxygens (including phenoxy) is 1. The Labute approximate surface area is 220 Å². The van der Waals surface area contributed by atoms with Crippen LogP contribution < -0.4 is 0 Å². The summed E-state index contributed by atoms with van der Waals surface area (Å²) in [6.07, 6.45) is 5.91. The number of hydrogen-bond acceptors (Lipinski definition) is 7. The number of allylic oxidation sites excluding steroid dienone is 2. The van der Waals surface area contributed by atoms with Crippen molar-refractivity contribution in [2.45, 2.75) is 98.4 Å². The van der Waals surface area contributed by atoms with Gasteiger partial charge in [-0.3, -0.25) is 9.59 Å². The molecule has 0 fully saturated rings. The normalized spacial score (nSPS) is 33.5. The molecule has 0 amide bonds. The molecule has 0 saturated carbocycles. The molecule has 0 aliphatic carbocycles. The van der Waals surface area contributed by atoms with Crippen LogP contribution >= 0.6 is 11.3 Å². The number of ketones is 1. The fourth-order valence-corrected chi connectivity index (χ4v) is 5.41. The Morgan fingerprint density at radius 3 is 2.61 bits per heavy atom. The molecule has 0 aromatic carbocycles. The van der Waals surface area contributed by atoms with Crippen molar-refractivity contribution in [2.24, 2.45) is 17.3 Å². The number of rotatable bonds is 4. The molecule has 6 nitrogen and oxygen atoms in total. The lowest BCUT2D eigenvalue weighted by Gasteiger charge is -2.36. The molecular formula is C29H43NO5S. The van der Waals surface area contributed by atoms with Crippen molar-refractivity contribution in [2.75, 3.05) is 0 Å². The first-order valence-electron chi connectivity index (χ1n) is 12.9. The van der Waals surface area contributed by atoms with Crippen molar-refractivity contribution in [1.82, 2.24) is 4.98 Å². The van der Waals surface area contributed by atoms with E-state index in [1.165, 1.54) is 5.57 Å². The summed E-state index contributed by atoms with van der Waals surface area (Å²) in [7, 11) is 0. The Balaban J connectivity index is 2.40. The zero-order valence-corrected chi connectivity index (χ0v) is 23.4. The first-order chi connectivity index (χ1) is 16.9. The number of Topliss-reactive ketones (excluding diaryl/α,β-unsaturated/α-hetero) is 1. The average Bonchev–Trinajstić information content (AvgIpc) is 3.23. The van der Waals surface area contributed by atoms with E-state index in [0.29, 0.717) is 6.42 Å². The van der Waals surface area contributed by atoms with Gasteiger partial charge in [0.15, 0.2) is 0 Å². The summed E-state index contributed by atoms with van der Waals surface area (Å²) in [5, 5.41) is 24.9. The maximum Gasteiger partial charge on any atom is 0.309 e. The van der Waals surface area contributed by atoms with E-state index in [1.54, 1.807) is 31.3 Å². The second-order valence-electron chi connectivity index (χ2n) is 10.6. The van der Waals surface area contributed by atoms with Crippen LogP contribution in [-0.4, -0.2) is 45.3 Å². The number of nitrogens with zero attached hydrogens (tertiary/aromatic N) is 1. The fourth-order valence-electron chi connectivity index (χ4n) is 4.84. The highest BCUT2D eigenvalue weighted by Crippen LogP contribution is 2.36. The van der Waals surface area contributed by atoms with Gasteiger partial charge in [0.2, 0.25) is 0 Å². The van der Waals surface area contributed by atoms with Crippen LogP contribution in [0.1, 0.15) is 83.8 Å². The molecule has 200 valence electrons. The summed E-state index contributed by atoms with van der Waals surface area (Å²) in [6, 6.07) is 0. The van der Waals surface area contributed by atoms with Crippen LogP contribution in [0.25, 0.3) is 6.08 Å². The number of thiazole rings is 1. The molecule has 2 heterocycles. The summed E-state index contributed by atoms with van der Waals surface area (Å²) < 4.78 is 5.86. The van der Waals surface area contributed by atoms with Crippen molar-refractivity contribution in [3.05, 3.63) is 46.0 Å². The van der Waals surface area contributed by atoms with Crippen LogP contribution in [0.4, 0.5) is 0 Å². The van der Waals surface area contributed by atoms with E-state index in [4.69, 9.17) is 4.74 Å². The molecule has 2 N–H and O–H groups in total. The van der Waals surface area contributed by atoms with E-state index in [1.807, 2.05) is 32.2 Å². The summed E-state index contributed by atoms with van der Waals surface area (Å²) in [5.74, 6) is -1.59. The minimum atomic E-state index is -1.27. The lowest BCUT2D eigenvalue weighted by atomic mass is 9.69. The standard InChI is InChI=1S/C29H43NO5S/c1-8-14-29(7)25(31)16-26(32)35-24(20(4)15-23-17-36-22(6)30-23)13-12-18(2)10-9-11-19(3)27(33)21(5)28(29)34/h8,12,15,17,19,21,24-25,27,31,33H,1,9-11,13-14,16H2,2-7H3/b18-12-,20-15+/t19-,21+,24-,25-,27-,29+/m0/s1. The summed E-state index contributed by atoms with van der Waals surface area (Å²) in [4.78, 5) is 31.0. The van der Waals surface area contributed by atoms with Crippen LogP contribution in [-0.2, 0) is 14.3 Å². The van der Waals surface area contributed by atoms with Gasteiger partial charge in [0.05, 0.1) is 34.7 Å². The predicted octanol–water partition coefficient (Wildman–Crippen LogP) is 5.82. The van der Waals surface area contributed by atoms with Gasteiger partial charge in [0.25, 0.3) is 0 Å². The van der Waals surface area contributed by atoms with Gasteiger partial charge in [0.1, 0.15) is 11.9 Å². The molecular weight excluding hydrogens is 474 g/mol. The van der Waals surface area contributed by atoms with E-state index >= 15 is 0 Å². The number of aliphatic hydroxyl groups excluding tert-OH is 2. The van der Waals surface area contributed by atoms with Gasteiger partial charge < -0.3 is 14.9 Å². The van der Waals surface area contributed by atoms with Gasteiger partial charge in [-0.25, -0.2) is 4.98 Å². The smallest absolute Gasteiger partial charge is 0.309 e. The van der Waals surface area contributed by atoms with Gasteiger partial charge in [-0.15, -0.1) is 17.9 Å². The van der Waals surface area contributed by atoms with E-state index in [2.05, 4.69) is 24.6 Å². The van der Waals surface area contributed by atoms with Crippen LogP contribution in [0.5, 0.6) is 0 Å². The fraction of sp³-hybridized carbons (Fsp3) is 0.621. The predicted molar refractivity (Wildman–Crippen MR) is 145 cm³/mol. The third-order valence-corrected chi connectivity index (χ3v) is 8.23. The number of hydrogen-bond donors (Lipinski definition) is 2. The van der Waals surface area contributed by atoms with E-state index in [-0.39, 0.29) is 24.5 Å². The van der Waals surface area contributed by atoms with Gasteiger partial charge in [-0.2, -0.15) is 0 Å². The summed E-state index contributed by atoms with van der Waals surface area (Å²) in [6.45, 7) is 15.0. The third-order valence-electron chi connectivity index (χ3n) is 7.44. The molecule has 0 unspecified atom stereocenters. The number of cyclic esters (lactones) is 1. The van der Waals surface area contributed by atoms with Crippen molar-refractivity contribution in [1.29, 1.82) is 0 Å². The molecule has 2 rings (SSSR count). The Hall–Kier alpha value is -2.09. The van der Waals surface area contributed by atoms with E-state index < -0.39 is 35.6 Å². The average molecular weight is 518 g/mol. The zero-order valence-electron chi connectivity index (χ0n) is 22.6. The summed E-state index contributed by atoms with van der Waals surface area (Å²) in [5.41, 5.74) is 1.62. The molecule has 1 aliphatic rings. The highest BCUT2D eigenvalue weighted by Gasteiger charge is 2.44. The van der Waals surface area contributed by atoms with Crippen LogP contribution in [0.2, 0.25) is 0 Å². The molecule has 1 aromatic rings. The highest BCUT2D eigenvalue weighted by molar-refractivity contribution is 7.09. The number of aliphatic hydroxyl groups is 2. The monoisotopic (exact) mass is 517 g/mol. The summed E-state index contributed by atoms with van der Waals surface area (Å²) >= 11 is 1.56. The second-order valence-corrected chi connectivity index (χ2v) is 11.6. The Morgan fingerprint density at radius 1 is 1.31 bits per heavy atom. The SMILES string of the molecule is C=CC[C@@]1(C)C(=O)[C@H](C)[C@@H](O)[C@@H](C)CCC/C(C)=C\C[C@@H](/C(C)=C/c2csc(C)n2)OC(=O)C[C@@H]1O. The molecule has 1 aliphatic heterocycles. The van der Waals surface area contributed by atoms with Crippen LogP contribution in [0, 0.1) is 24.2 Å². The third kappa shape index (κ3) is 7.95. The molecule has 7 heteroatoms. The minimum absolute atomic E-state index is 0.0701. The second kappa shape index (κ2) is 13.5. The first-order valence-corrected chi connectivity index (χ1v) is 13.7. The number of aryl methyl sites for hydroxylation is 1. The van der Waals surface area contributed by atoms with Gasteiger partial charge in [-0.1, -0.05) is 31.6 Å². The van der Waals surface area contributed by atoms with Crippen LogP contribution in [0.15, 0.2) is 35.3 Å². The van der Waals surface area contributed by atoms with Gasteiger partial charge in [-0.05, 0) is 70.9 Å². The van der Waals surface area contributed by atoms with Crippen molar-refractivity contribution < 1.29 is 24.5 Å². The molecule has 0 bridgehead atoms. The molecule has 1 aromatic heterocycles. The minimum Gasteiger partial charge on any atom is -0.457 e. The van der Waals surface area contributed by atoms with E-state index in [0.717, 1.165) is 35.5 Å². The molecule has 6 atom stereocenters. The topological polar surface area (TPSA) is 96.7 Å². The molecule has 0 radical (unpaired) electrons. The molecule has 0 spiro atoms. The first kappa shape index (κ1) is 30.1. The van der Waals surface area contributed by atoms with Crippen molar-refractivity contribution in [3.8, 4) is 0 Å². The van der Waals surface area contributed by atoms with E-state index in [9.17, 15) is 19.8 Å². The lowest BCUT2D eigenvalue weighted by Crippen LogP contribution is -2.47. The maximum atomic E-state index is 13.5. The number of aromatic nitrogens is 1. The van der Waals surface area contributed by atoms with Crippen molar-refractivity contribution in [3.63, 3.8) is 0 Å². The number of esters is 1. The maximum absolute atomic E-state index is 13.5. The van der Waals surface area contributed by atoms with Gasteiger partial charge >= 0.3 is 5.97 Å². The highest BCUT2D eigenvalue weighted by atomic mass is 32.1. The zero-order chi connectivity index (χ0) is 27.0. The number of carbonyl (C=O) groups excluding carboxylic acids is 2. The Morgan fingerprint density at radius 2 is 2.00 bits per heavy atom. The van der Waals surface area contributed by atoms with Gasteiger partial charge in [0, 0.05) is 17.7 Å². The number of carbonyl (C=O) groups is 2.